The molecule has 1 saturated heterocycles. The quantitative estimate of drug-likeness (QED) is 0.421. The summed E-state index contributed by atoms with van der Waals surface area (Å²) in [4.78, 5) is 24.7. The van der Waals surface area contributed by atoms with Gasteiger partial charge in [0, 0.05) is 37.7 Å². The van der Waals surface area contributed by atoms with Gasteiger partial charge in [0.05, 0.1) is 24.5 Å². The van der Waals surface area contributed by atoms with E-state index in [1.807, 2.05) is 22.9 Å². The van der Waals surface area contributed by atoms with Crippen molar-refractivity contribution in [1.82, 2.24) is 39.6 Å². The second kappa shape index (κ2) is 8.88. The summed E-state index contributed by atoms with van der Waals surface area (Å²) in [5, 5.41) is 16.0. The summed E-state index contributed by atoms with van der Waals surface area (Å²) in [6, 6.07) is 5.31. The summed E-state index contributed by atoms with van der Waals surface area (Å²) < 4.78 is 16.9. The van der Waals surface area contributed by atoms with E-state index in [1.165, 1.54) is 25.5 Å². The first-order valence-corrected chi connectivity index (χ1v) is 12.2. The molecule has 1 aliphatic heterocycles. The number of alkyl halides is 1. The van der Waals surface area contributed by atoms with Crippen molar-refractivity contribution in [2.75, 3.05) is 32.0 Å². The van der Waals surface area contributed by atoms with E-state index < -0.39 is 12.2 Å². The van der Waals surface area contributed by atoms with Crippen LogP contribution in [0.1, 0.15) is 36.0 Å². The summed E-state index contributed by atoms with van der Waals surface area (Å²) in [7, 11) is 1.79. The van der Waals surface area contributed by atoms with Crippen LogP contribution in [0.25, 0.3) is 28.1 Å². The molecular weight excluding hydrogens is 449 g/mol. The molecule has 2 atom stereocenters. The van der Waals surface area contributed by atoms with Gasteiger partial charge >= 0.3 is 0 Å². The number of aromatic nitrogens is 6. The van der Waals surface area contributed by atoms with Crippen molar-refractivity contribution in [3.8, 4) is 11.4 Å². The molecule has 1 saturated carbocycles. The van der Waals surface area contributed by atoms with Crippen molar-refractivity contribution in [1.29, 1.82) is 0 Å². The molecule has 35 heavy (non-hydrogen) atoms. The fraction of sp³-hybridized carbons (Fsp3) is 0.458. The maximum atomic E-state index is 13.3. The van der Waals surface area contributed by atoms with Crippen LogP contribution in [0.5, 0.6) is 0 Å². The second-order valence-corrected chi connectivity index (χ2v) is 9.25. The topological polar surface area (TPSA) is 105 Å². The Kier molecular flexibility index (Phi) is 5.56. The number of carbonyl (C=O) groups excluding carboxylic acids is 1. The Balaban J connectivity index is 1.38. The lowest BCUT2D eigenvalue weighted by Gasteiger charge is -2.26. The van der Waals surface area contributed by atoms with E-state index in [9.17, 15) is 9.18 Å². The van der Waals surface area contributed by atoms with Gasteiger partial charge in [-0.3, -0.25) is 4.79 Å². The molecule has 0 radical (unpaired) electrons. The van der Waals surface area contributed by atoms with Gasteiger partial charge in [0.15, 0.2) is 11.3 Å². The van der Waals surface area contributed by atoms with E-state index in [0.717, 1.165) is 37.2 Å². The highest BCUT2D eigenvalue weighted by molar-refractivity contribution is 6.01. The van der Waals surface area contributed by atoms with Gasteiger partial charge in [0.2, 0.25) is 0 Å². The number of rotatable bonds is 7. The van der Waals surface area contributed by atoms with E-state index in [0.29, 0.717) is 34.8 Å². The number of piperidine rings is 1. The predicted octanol–water partition coefficient (Wildman–Crippen LogP) is 2.51. The van der Waals surface area contributed by atoms with Crippen LogP contribution in [0.15, 0.2) is 30.6 Å². The van der Waals surface area contributed by atoms with Crippen molar-refractivity contribution in [3.63, 3.8) is 0 Å². The number of anilines is 1. The van der Waals surface area contributed by atoms with Crippen LogP contribution in [0.3, 0.4) is 0 Å². The van der Waals surface area contributed by atoms with Crippen molar-refractivity contribution in [2.45, 2.75) is 44.4 Å². The summed E-state index contributed by atoms with van der Waals surface area (Å²) >= 11 is 0. The molecule has 1 amide bonds. The van der Waals surface area contributed by atoms with E-state index in [-0.39, 0.29) is 5.91 Å². The molecule has 10 nitrogen and oxygen atoms in total. The Morgan fingerprint density at radius 3 is 2.80 bits per heavy atom. The van der Waals surface area contributed by atoms with Crippen molar-refractivity contribution in [2.24, 2.45) is 0 Å². The smallest absolute Gasteiger partial charge is 0.257 e. The number of halogens is 1. The average Bonchev–Trinajstić information content (AvgIpc) is 3.27. The predicted molar refractivity (Wildman–Crippen MR) is 130 cm³/mol. The minimum Gasteiger partial charge on any atom is -0.373 e. The first-order chi connectivity index (χ1) is 17.1. The van der Waals surface area contributed by atoms with Gasteiger partial charge < -0.3 is 15.5 Å². The van der Waals surface area contributed by atoms with Gasteiger partial charge in [-0.2, -0.15) is 14.7 Å². The lowest BCUT2D eigenvalue weighted by molar-refractivity contribution is 0.0949. The Morgan fingerprint density at radius 2 is 2.03 bits per heavy atom. The number of nitrogens with one attached hydrogen (secondary N) is 2. The minimum absolute atomic E-state index is 0.300. The standard InChI is InChI=1S/C24H28FN9O/c1-26-20-13-19(29-23-16(14-28-34(20)23)24(35)30-18-12-17(18)25)21-15-6-5-7-27-22(15)33(31-21)11-10-32-8-3-2-4-9-32/h5-7,13-14,17-18,26H,2-4,8-12H2,1H3,(H,30,35)/t17-,18?/m1/s1. The molecule has 182 valence electrons. The molecule has 0 bridgehead atoms. The zero-order valence-electron chi connectivity index (χ0n) is 19.6. The largest absolute Gasteiger partial charge is 0.373 e. The first kappa shape index (κ1) is 21.9. The van der Waals surface area contributed by atoms with Crippen LogP contribution in [0, 0.1) is 0 Å². The lowest BCUT2D eigenvalue weighted by Crippen LogP contribution is -2.32. The van der Waals surface area contributed by atoms with Crippen LogP contribution < -0.4 is 10.6 Å². The fourth-order valence-electron chi connectivity index (χ4n) is 4.76. The molecule has 1 aliphatic carbocycles. The van der Waals surface area contributed by atoms with Gasteiger partial charge in [0.1, 0.15) is 23.2 Å². The molecular formula is C24H28FN9O. The van der Waals surface area contributed by atoms with Gasteiger partial charge in [-0.05, 0) is 38.1 Å². The van der Waals surface area contributed by atoms with E-state index >= 15 is 0 Å². The van der Waals surface area contributed by atoms with Crippen molar-refractivity contribution >= 4 is 28.4 Å². The number of pyridine rings is 1. The third-order valence-corrected chi connectivity index (χ3v) is 6.83. The lowest BCUT2D eigenvalue weighted by atomic mass is 10.1. The summed E-state index contributed by atoms with van der Waals surface area (Å²) in [5.74, 6) is 0.286. The molecule has 4 aromatic heterocycles. The fourth-order valence-corrected chi connectivity index (χ4v) is 4.76. The Bertz CT molecular complexity index is 1390. The van der Waals surface area contributed by atoms with E-state index in [1.54, 1.807) is 17.8 Å². The molecule has 2 fully saturated rings. The highest BCUT2D eigenvalue weighted by Crippen LogP contribution is 2.30. The monoisotopic (exact) mass is 477 g/mol. The molecule has 0 spiro atoms. The van der Waals surface area contributed by atoms with Crippen LogP contribution in [-0.4, -0.2) is 79.1 Å². The summed E-state index contributed by atoms with van der Waals surface area (Å²) in [6.45, 7) is 3.91. The van der Waals surface area contributed by atoms with Gasteiger partial charge in [0.25, 0.3) is 5.91 Å². The number of amides is 1. The molecule has 2 aliphatic rings. The van der Waals surface area contributed by atoms with Crippen molar-refractivity contribution in [3.05, 3.63) is 36.2 Å². The average molecular weight is 478 g/mol. The van der Waals surface area contributed by atoms with Crippen LogP contribution in [0.4, 0.5) is 10.2 Å². The maximum Gasteiger partial charge on any atom is 0.257 e. The molecule has 1 unspecified atom stereocenters. The highest BCUT2D eigenvalue weighted by atomic mass is 19.1. The number of hydrogen-bond donors (Lipinski definition) is 2. The molecule has 0 aromatic carbocycles. The number of fused-ring (bicyclic) bond motifs is 2. The number of likely N-dealkylation sites (tertiary alicyclic amines) is 1. The highest BCUT2D eigenvalue weighted by Gasteiger charge is 2.39. The first-order valence-electron chi connectivity index (χ1n) is 12.2. The second-order valence-electron chi connectivity index (χ2n) is 9.25. The number of carbonyl (C=O) groups is 1. The SMILES string of the molecule is CNc1cc(-c2nn(CCN3CCCCC3)c3ncccc23)nc2c(C(=O)NC3C[C@H]3F)cnn12. The number of nitrogens with zero attached hydrogens (tertiary/aromatic N) is 7. The summed E-state index contributed by atoms with van der Waals surface area (Å²) in [5.41, 5.74) is 2.81. The molecule has 2 N–H and O–H groups in total. The number of hydrogen-bond acceptors (Lipinski definition) is 7. The normalized spacial score (nSPS) is 20.4. The maximum absolute atomic E-state index is 13.3. The third-order valence-electron chi connectivity index (χ3n) is 6.83. The van der Waals surface area contributed by atoms with Crippen LogP contribution in [0.2, 0.25) is 0 Å². The Labute approximate surface area is 201 Å². The zero-order chi connectivity index (χ0) is 23.9. The Morgan fingerprint density at radius 1 is 1.20 bits per heavy atom. The molecule has 5 heterocycles. The van der Waals surface area contributed by atoms with Gasteiger partial charge in [-0.1, -0.05) is 6.42 Å². The molecule has 6 rings (SSSR count). The third kappa shape index (κ3) is 4.09. The van der Waals surface area contributed by atoms with E-state index in [4.69, 9.17) is 10.1 Å². The molecule has 4 aromatic rings. The van der Waals surface area contributed by atoms with Crippen molar-refractivity contribution < 1.29 is 9.18 Å². The van der Waals surface area contributed by atoms with Gasteiger partial charge in [-0.25, -0.2) is 19.0 Å². The van der Waals surface area contributed by atoms with Crippen LogP contribution in [-0.2, 0) is 6.54 Å². The minimum atomic E-state index is -0.982. The van der Waals surface area contributed by atoms with Crippen LogP contribution >= 0.6 is 0 Å². The van der Waals surface area contributed by atoms with Gasteiger partial charge in [-0.15, -0.1) is 0 Å². The Hall–Kier alpha value is -3.60. The van der Waals surface area contributed by atoms with E-state index in [2.05, 4.69) is 25.6 Å². The molecule has 11 heteroatoms. The zero-order valence-corrected chi connectivity index (χ0v) is 19.6. The summed E-state index contributed by atoms with van der Waals surface area (Å²) in [6.07, 6.45) is 6.40.